The Balaban J connectivity index is 3.14. The Morgan fingerprint density at radius 1 is 1.38 bits per heavy atom. The molecule has 0 radical (unpaired) electrons. The molecule has 0 unspecified atom stereocenters. The van der Waals surface area contributed by atoms with Crippen LogP contribution in [-0.4, -0.2) is 38.6 Å². The molecule has 6 nitrogen and oxygen atoms in total. The van der Waals surface area contributed by atoms with E-state index >= 15 is 0 Å². The minimum Gasteiger partial charge on any atom is -0.462 e. The molecule has 0 atom stereocenters. The Labute approximate surface area is 129 Å². The highest BCUT2D eigenvalue weighted by Gasteiger charge is 2.21. The molecule has 0 aromatic heterocycles. The lowest BCUT2D eigenvalue weighted by atomic mass is 10.1. The Bertz CT molecular complexity index is 534. The van der Waals surface area contributed by atoms with Gasteiger partial charge in [-0.3, -0.25) is 4.79 Å². The van der Waals surface area contributed by atoms with Gasteiger partial charge in [0.2, 0.25) is 5.91 Å². The van der Waals surface area contributed by atoms with Crippen LogP contribution in [0.2, 0.25) is 5.02 Å². The van der Waals surface area contributed by atoms with Gasteiger partial charge in [-0.05, 0) is 26.0 Å². The first-order valence-electron chi connectivity index (χ1n) is 6.64. The van der Waals surface area contributed by atoms with Crippen molar-refractivity contribution in [2.75, 3.05) is 37.4 Å². The predicted molar refractivity (Wildman–Crippen MR) is 83.8 cm³/mol. The van der Waals surface area contributed by atoms with E-state index in [1.807, 2.05) is 6.92 Å². The largest absolute Gasteiger partial charge is 0.462 e. The van der Waals surface area contributed by atoms with E-state index in [0.717, 1.165) is 0 Å². The zero-order valence-electron chi connectivity index (χ0n) is 12.4. The smallest absolute Gasteiger partial charge is 0.340 e. The number of rotatable bonds is 6. The van der Waals surface area contributed by atoms with Crippen molar-refractivity contribution in [2.24, 2.45) is 0 Å². The molecule has 0 saturated carbocycles. The van der Waals surface area contributed by atoms with Gasteiger partial charge in [0.1, 0.15) is 0 Å². The van der Waals surface area contributed by atoms with Gasteiger partial charge in [0.05, 0.1) is 29.4 Å². The van der Waals surface area contributed by atoms with Crippen LogP contribution in [0, 0.1) is 0 Å². The predicted octanol–water partition coefficient (Wildman–Crippen LogP) is 1.67. The number of amides is 1. The van der Waals surface area contributed by atoms with Gasteiger partial charge >= 0.3 is 5.97 Å². The van der Waals surface area contributed by atoms with Crippen molar-refractivity contribution >= 4 is 34.9 Å². The molecular weight excluding hydrogens is 294 g/mol. The molecule has 1 aromatic rings. The molecular formula is C14H20ClN3O3. The standard InChI is InChI=1S/C14H20ClN3O3/c1-4-17-12(19)8-18(3)13-10(14(20)21-5-2)6-9(16)7-11(13)15/h6-7H,4-5,8,16H2,1-3H3,(H,17,19). The molecule has 1 rings (SSSR count). The van der Waals surface area contributed by atoms with Gasteiger partial charge in [0.25, 0.3) is 0 Å². The number of hydrogen-bond donors (Lipinski definition) is 2. The number of halogens is 1. The highest BCUT2D eigenvalue weighted by Crippen LogP contribution is 2.32. The van der Waals surface area contributed by atoms with Crippen LogP contribution in [0.3, 0.4) is 0 Å². The van der Waals surface area contributed by atoms with Crippen LogP contribution in [0.15, 0.2) is 12.1 Å². The summed E-state index contributed by atoms with van der Waals surface area (Å²) in [5.74, 6) is -0.688. The topological polar surface area (TPSA) is 84.7 Å². The van der Waals surface area contributed by atoms with Crippen molar-refractivity contribution in [1.29, 1.82) is 0 Å². The Hall–Kier alpha value is -1.95. The maximum Gasteiger partial charge on any atom is 0.340 e. The minimum absolute atomic E-state index is 0.0733. The molecule has 0 bridgehead atoms. The molecule has 0 spiro atoms. The van der Waals surface area contributed by atoms with Gasteiger partial charge in [-0.1, -0.05) is 11.6 Å². The highest BCUT2D eigenvalue weighted by molar-refractivity contribution is 6.34. The van der Waals surface area contributed by atoms with Gasteiger partial charge in [0.15, 0.2) is 0 Å². The van der Waals surface area contributed by atoms with Gasteiger partial charge in [0, 0.05) is 19.3 Å². The molecule has 1 amide bonds. The lowest BCUT2D eigenvalue weighted by Crippen LogP contribution is -2.35. The van der Waals surface area contributed by atoms with Crippen LogP contribution in [0.1, 0.15) is 24.2 Å². The van der Waals surface area contributed by atoms with E-state index in [1.165, 1.54) is 12.1 Å². The zero-order valence-corrected chi connectivity index (χ0v) is 13.2. The Morgan fingerprint density at radius 3 is 2.62 bits per heavy atom. The van der Waals surface area contributed by atoms with Gasteiger partial charge in [-0.25, -0.2) is 4.79 Å². The van der Waals surface area contributed by atoms with Crippen molar-refractivity contribution in [2.45, 2.75) is 13.8 Å². The average molecular weight is 314 g/mol. The second-order valence-electron chi connectivity index (χ2n) is 4.43. The number of hydrogen-bond acceptors (Lipinski definition) is 5. The van der Waals surface area contributed by atoms with Gasteiger partial charge in [-0.2, -0.15) is 0 Å². The summed E-state index contributed by atoms with van der Waals surface area (Å²) >= 11 is 6.17. The Kier molecular flexibility index (Phi) is 6.30. The van der Waals surface area contributed by atoms with Gasteiger partial charge in [-0.15, -0.1) is 0 Å². The van der Waals surface area contributed by atoms with Crippen LogP contribution < -0.4 is 16.0 Å². The van der Waals surface area contributed by atoms with E-state index in [4.69, 9.17) is 22.1 Å². The number of esters is 1. The number of nitrogens with zero attached hydrogens (tertiary/aromatic N) is 1. The third-order valence-corrected chi connectivity index (χ3v) is 3.01. The van der Waals surface area contributed by atoms with E-state index in [9.17, 15) is 9.59 Å². The second kappa shape index (κ2) is 7.73. The second-order valence-corrected chi connectivity index (χ2v) is 4.84. The SMILES string of the molecule is CCNC(=O)CN(C)c1c(Cl)cc(N)cc1C(=O)OCC. The zero-order chi connectivity index (χ0) is 16.0. The average Bonchev–Trinajstić information content (AvgIpc) is 2.37. The fourth-order valence-electron chi connectivity index (χ4n) is 1.92. The summed E-state index contributed by atoms with van der Waals surface area (Å²) in [6.07, 6.45) is 0. The third-order valence-electron chi connectivity index (χ3n) is 2.72. The first-order chi connectivity index (χ1) is 9.90. The molecule has 0 aliphatic carbocycles. The molecule has 0 fully saturated rings. The molecule has 7 heteroatoms. The fourth-order valence-corrected chi connectivity index (χ4v) is 2.29. The molecule has 0 aliphatic heterocycles. The third kappa shape index (κ3) is 4.53. The normalized spacial score (nSPS) is 10.1. The summed E-state index contributed by atoms with van der Waals surface area (Å²) in [6, 6.07) is 3.03. The van der Waals surface area contributed by atoms with Crippen LogP contribution in [0.4, 0.5) is 11.4 Å². The molecule has 0 saturated heterocycles. The molecule has 116 valence electrons. The Morgan fingerprint density at radius 2 is 2.05 bits per heavy atom. The summed E-state index contributed by atoms with van der Waals surface area (Å²) in [4.78, 5) is 25.3. The van der Waals surface area contributed by atoms with Crippen molar-refractivity contribution in [3.63, 3.8) is 0 Å². The number of ether oxygens (including phenoxy) is 1. The first kappa shape index (κ1) is 17.1. The number of carbonyl (C=O) groups excluding carboxylic acids is 2. The minimum atomic E-state index is -0.524. The monoisotopic (exact) mass is 313 g/mol. The molecule has 21 heavy (non-hydrogen) atoms. The van der Waals surface area contributed by atoms with E-state index in [0.29, 0.717) is 22.9 Å². The summed E-state index contributed by atoms with van der Waals surface area (Å²) in [5.41, 5.74) is 6.75. The number of benzene rings is 1. The maximum atomic E-state index is 12.0. The van der Waals surface area contributed by atoms with E-state index in [1.54, 1.807) is 18.9 Å². The van der Waals surface area contributed by atoms with E-state index < -0.39 is 5.97 Å². The van der Waals surface area contributed by atoms with Gasteiger partial charge < -0.3 is 20.7 Å². The van der Waals surface area contributed by atoms with E-state index in [-0.39, 0.29) is 24.6 Å². The summed E-state index contributed by atoms with van der Waals surface area (Å²) in [6.45, 7) is 4.39. The number of carbonyl (C=O) groups is 2. The quantitative estimate of drug-likeness (QED) is 0.616. The van der Waals surface area contributed by atoms with Crippen molar-refractivity contribution < 1.29 is 14.3 Å². The van der Waals surface area contributed by atoms with Crippen LogP contribution in [0.5, 0.6) is 0 Å². The summed E-state index contributed by atoms with van der Waals surface area (Å²) in [7, 11) is 1.68. The summed E-state index contributed by atoms with van der Waals surface area (Å²) < 4.78 is 5.00. The summed E-state index contributed by atoms with van der Waals surface area (Å²) in [5, 5.41) is 2.98. The van der Waals surface area contributed by atoms with Crippen molar-refractivity contribution in [1.82, 2.24) is 5.32 Å². The lowest BCUT2D eigenvalue weighted by molar-refractivity contribution is -0.119. The number of likely N-dealkylation sites (N-methyl/N-ethyl adjacent to an activating group) is 2. The van der Waals surface area contributed by atoms with Crippen LogP contribution in [-0.2, 0) is 9.53 Å². The van der Waals surface area contributed by atoms with E-state index in [2.05, 4.69) is 5.32 Å². The highest BCUT2D eigenvalue weighted by atomic mass is 35.5. The molecule has 1 aromatic carbocycles. The maximum absolute atomic E-state index is 12.0. The molecule has 0 heterocycles. The van der Waals surface area contributed by atoms with Crippen molar-refractivity contribution in [3.05, 3.63) is 22.7 Å². The van der Waals surface area contributed by atoms with Crippen LogP contribution in [0.25, 0.3) is 0 Å². The number of nitrogen functional groups attached to an aromatic ring is 1. The lowest BCUT2D eigenvalue weighted by Gasteiger charge is -2.23. The number of nitrogens with one attached hydrogen (secondary N) is 1. The van der Waals surface area contributed by atoms with Crippen LogP contribution >= 0.6 is 11.6 Å². The fraction of sp³-hybridized carbons (Fsp3) is 0.429. The molecule has 3 N–H and O–H groups in total. The first-order valence-corrected chi connectivity index (χ1v) is 7.02. The van der Waals surface area contributed by atoms with Crippen molar-refractivity contribution in [3.8, 4) is 0 Å². The number of anilines is 2. The molecule has 0 aliphatic rings. The number of nitrogens with two attached hydrogens (primary N) is 1.